The molecule has 0 bridgehead atoms. The summed E-state index contributed by atoms with van der Waals surface area (Å²) in [5.41, 5.74) is 0. The van der Waals surface area contributed by atoms with Gasteiger partial charge in [0.2, 0.25) is 0 Å². The molecule has 1 aromatic heterocycles. The molecule has 0 spiro atoms. The Morgan fingerprint density at radius 1 is 1.53 bits per heavy atom. The number of carbonyl (C=O) groups excluding carboxylic acids is 1. The van der Waals surface area contributed by atoms with Crippen LogP contribution < -0.4 is 5.32 Å². The first-order valence-electron chi connectivity index (χ1n) is 5.93. The van der Waals surface area contributed by atoms with Crippen molar-refractivity contribution >= 4 is 5.97 Å². The lowest BCUT2D eigenvalue weighted by Crippen LogP contribution is -2.37. The molecule has 0 aliphatic rings. The second-order valence-corrected chi connectivity index (χ2v) is 4.18. The maximum Gasteiger partial charge on any atom is 0.309 e. The lowest BCUT2D eigenvalue weighted by atomic mass is 10.0. The molecule has 0 saturated carbocycles. The number of hydrogen-bond donors (Lipinski definition) is 1. The summed E-state index contributed by atoms with van der Waals surface area (Å²) >= 11 is 0. The maximum atomic E-state index is 11.3. The van der Waals surface area contributed by atoms with Crippen LogP contribution in [0.4, 0.5) is 0 Å². The predicted octanol–water partition coefficient (Wildman–Crippen LogP) is 1.06. The first kappa shape index (κ1) is 13.7. The highest BCUT2D eigenvalue weighted by Crippen LogP contribution is 2.04. The van der Waals surface area contributed by atoms with E-state index in [2.05, 4.69) is 10.4 Å². The first-order valence-corrected chi connectivity index (χ1v) is 5.93. The van der Waals surface area contributed by atoms with E-state index < -0.39 is 0 Å². The molecule has 0 saturated heterocycles. The molecule has 1 aromatic rings. The van der Waals surface area contributed by atoms with Crippen LogP contribution in [0.15, 0.2) is 18.5 Å². The minimum atomic E-state index is -0.169. The summed E-state index contributed by atoms with van der Waals surface area (Å²) in [5.74, 6) is -0.290. The van der Waals surface area contributed by atoms with Crippen molar-refractivity contribution in [2.45, 2.75) is 32.9 Å². The average molecular weight is 239 g/mol. The van der Waals surface area contributed by atoms with Gasteiger partial charge in [0.1, 0.15) is 0 Å². The number of nitrogens with zero attached hydrogens (tertiary/aromatic N) is 2. The van der Waals surface area contributed by atoms with E-state index in [0.717, 1.165) is 19.5 Å². The van der Waals surface area contributed by atoms with Crippen LogP contribution in [0.5, 0.6) is 0 Å². The Bertz CT molecular complexity index is 325. The average Bonchev–Trinajstić information content (AvgIpc) is 2.85. The number of rotatable bonds is 7. The quantitative estimate of drug-likeness (QED) is 0.571. The molecule has 0 aliphatic heterocycles. The van der Waals surface area contributed by atoms with Crippen molar-refractivity contribution in [3.63, 3.8) is 0 Å². The van der Waals surface area contributed by atoms with Gasteiger partial charge in [0.25, 0.3) is 0 Å². The van der Waals surface area contributed by atoms with Gasteiger partial charge in [0, 0.05) is 25.0 Å². The molecule has 5 heteroatoms. The zero-order valence-electron chi connectivity index (χ0n) is 10.7. The van der Waals surface area contributed by atoms with E-state index in [4.69, 9.17) is 4.74 Å². The van der Waals surface area contributed by atoms with Crippen LogP contribution in [0.25, 0.3) is 0 Å². The van der Waals surface area contributed by atoms with Crippen LogP contribution in [0.1, 0.15) is 20.3 Å². The van der Waals surface area contributed by atoms with Crippen LogP contribution in [0, 0.1) is 5.92 Å². The fourth-order valence-corrected chi connectivity index (χ4v) is 1.57. The summed E-state index contributed by atoms with van der Waals surface area (Å²) in [6.07, 6.45) is 4.70. The molecule has 0 aromatic carbocycles. The number of hydrogen-bond acceptors (Lipinski definition) is 4. The molecule has 5 nitrogen and oxygen atoms in total. The van der Waals surface area contributed by atoms with Crippen LogP contribution >= 0.6 is 0 Å². The number of nitrogens with one attached hydrogen (secondary N) is 1. The predicted molar refractivity (Wildman–Crippen MR) is 65.5 cm³/mol. The van der Waals surface area contributed by atoms with Crippen molar-refractivity contribution in [2.75, 3.05) is 13.7 Å². The third-order valence-corrected chi connectivity index (χ3v) is 2.91. The first-order chi connectivity index (χ1) is 8.15. The molecule has 2 unspecified atom stereocenters. The molecule has 1 heterocycles. The Morgan fingerprint density at radius 2 is 2.29 bits per heavy atom. The summed E-state index contributed by atoms with van der Waals surface area (Å²) in [6, 6.07) is 2.04. The third-order valence-electron chi connectivity index (χ3n) is 2.91. The van der Waals surface area contributed by atoms with Gasteiger partial charge in [0.05, 0.1) is 13.0 Å². The molecule has 1 rings (SSSR count). The Hall–Kier alpha value is -1.36. The lowest BCUT2D eigenvalue weighted by Gasteiger charge is -2.19. The van der Waals surface area contributed by atoms with Gasteiger partial charge in [-0.05, 0) is 26.0 Å². The Labute approximate surface area is 102 Å². The number of ether oxygens (including phenoxy) is 1. The molecule has 0 amide bonds. The van der Waals surface area contributed by atoms with Crippen molar-refractivity contribution in [1.82, 2.24) is 15.1 Å². The van der Waals surface area contributed by atoms with E-state index >= 15 is 0 Å². The van der Waals surface area contributed by atoms with E-state index in [9.17, 15) is 4.79 Å². The van der Waals surface area contributed by atoms with Gasteiger partial charge >= 0.3 is 5.97 Å². The second kappa shape index (κ2) is 7.06. The topological polar surface area (TPSA) is 56.1 Å². The maximum absolute atomic E-state index is 11.3. The van der Waals surface area contributed by atoms with Crippen molar-refractivity contribution in [3.05, 3.63) is 18.5 Å². The number of methoxy groups -OCH3 is 1. The highest BCUT2D eigenvalue weighted by molar-refractivity contribution is 5.72. The van der Waals surface area contributed by atoms with E-state index in [1.54, 1.807) is 6.20 Å². The van der Waals surface area contributed by atoms with Crippen LogP contribution in [0.3, 0.4) is 0 Å². The van der Waals surface area contributed by atoms with Crippen LogP contribution in [-0.4, -0.2) is 35.4 Å². The van der Waals surface area contributed by atoms with E-state index in [0.29, 0.717) is 0 Å². The second-order valence-electron chi connectivity index (χ2n) is 4.18. The molecule has 0 radical (unpaired) electrons. The Balaban J connectivity index is 2.15. The lowest BCUT2D eigenvalue weighted by molar-refractivity contribution is -0.145. The van der Waals surface area contributed by atoms with Crippen molar-refractivity contribution in [3.8, 4) is 0 Å². The zero-order chi connectivity index (χ0) is 12.7. The third kappa shape index (κ3) is 4.56. The van der Waals surface area contributed by atoms with E-state index in [-0.39, 0.29) is 17.9 Å². The molecule has 1 N–H and O–H groups in total. The van der Waals surface area contributed by atoms with Crippen molar-refractivity contribution < 1.29 is 9.53 Å². The minimum Gasteiger partial charge on any atom is -0.469 e. The standard InChI is InChI=1S/C12H21N3O2/c1-10(12(16)17-3)11(2)13-6-4-8-15-9-5-7-14-15/h5,7,9-11,13H,4,6,8H2,1-3H3. The fourth-order valence-electron chi connectivity index (χ4n) is 1.57. The summed E-state index contributed by atoms with van der Waals surface area (Å²) < 4.78 is 6.60. The molecule has 96 valence electrons. The van der Waals surface area contributed by atoms with Gasteiger partial charge in [-0.15, -0.1) is 0 Å². The Kier molecular flexibility index (Phi) is 5.69. The van der Waals surface area contributed by atoms with E-state index in [1.807, 2.05) is 30.8 Å². The van der Waals surface area contributed by atoms with Gasteiger partial charge in [0.15, 0.2) is 0 Å². The smallest absolute Gasteiger partial charge is 0.309 e. The molecule has 17 heavy (non-hydrogen) atoms. The summed E-state index contributed by atoms with van der Waals surface area (Å²) in [4.78, 5) is 11.3. The highest BCUT2D eigenvalue weighted by Gasteiger charge is 2.19. The molecular weight excluding hydrogens is 218 g/mol. The number of aryl methyl sites for hydroxylation is 1. The summed E-state index contributed by atoms with van der Waals surface area (Å²) in [7, 11) is 1.42. The molecule has 0 fully saturated rings. The number of carbonyl (C=O) groups is 1. The van der Waals surface area contributed by atoms with Gasteiger partial charge < -0.3 is 10.1 Å². The number of esters is 1. The van der Waals surface area contributed by atoms with Crippen LogP contribution in [-0.2, 0) is 16.1 Å². The Morgan fingerprint density at radius 3 is 2.88 bits per heavy atom. The molecule has 2 atom stereocenters. The van der Waals surface area contributed by atoms with Crippen molar-refractivity contribution in [1.29, 1.82) is 0 Å². The van der Waals surface area contributed by atoms with E-state index in [1.165, 1.54) is 7.11 Å². The normalized spacial score (nSPS) is 14.3. The van der Waals surface area contributed by atoms with Gasteiger partial charge in [-0.3, -0.25) is 9.48 Å². The zero-order valence-corrected chi connectivity index (χ0v) is 10.7. The fraction of sp³-hybridized carbons (Fsp3) is 0.667. The number of aromatic nitrogens is 2. The van der Waals surface area contributed by atoms with Gasteiger partial charge in [-0.25, -0.2) is 0 Å². The highest BCUT2D eigenvalue weighted by atomic mass is 16.5. The molecule has 0 aliphatic carbocycles. The largest absolute Gasteiger partial charge is 0.469 e. The monoisotopic (exact) mass is 239 g/mol. The summed E-state index contributed by atoms with van der Waals surface area (Å²) in [6.45, 7) is 5.62. The minimum absolute atomic E-state index is 0.121. The van der Waals surface area contributed by atoms with Crippen molar-refractivity contribution in [2.24, 2.45) is 5.92 Å². The van der Waals surface area contributed by atoms with Gasteiger partial charge in [-0.1, -0.05) is 6.92 Å². The SMILES string of the molecule is COC(=O)C(C)C(C)NCCCn1cccn1. The van der Waals surface area contributed by atoms with Crippen LogP contribution in [0.2, 0.25) is 0 Å². The summed E-state index contributed by atoms with van der Waals surface area (Å²) in [5, 5.41) is 7.44. The molecular formula is C12H21N3O2. The van der Waals surface area contributed by atoms with Gasteiger partial charge in [-0.2, -0.15) is 5.10 Å².